The third kappa shape index (κ3) is 3.82. The number of nitrogens with zero attached hydrogens (tertiary/aromatic N) is 2. The molecule has 0 bridgehead atoms. The van der Waals surface area contributed by atoms with Gasteiger partial charge in [0.1, 0.15) is 0 Å². The van der Waals surface area contributed by atoms with Crippen molar-refractivity contribution in [3.8, 4) is 0 Å². The second-order valence-electron chi connectivity index (χ2n) is 2.87. The van der Waals surface area contributed by atoms with Gasteiger partial charge in [0, 0.05) is 13.1 Å². The highest BCUT2D eigenvalue weighted by Gasteiger charge is 2.28. The SMILES string of the molecule is NC(=NCCOC(F)(F)F)N1CCC1. The van der Waals surface area contributed by atoms with Crippen molar-refractivity contribution in [1.82, 2.24) is 4.90 Å². The molecule has 1 rings (SSSR count). The van der Waals surface area contributed by atoms with Crippen molar-refractivity contribution in [3.05, 3.63) is 0 Å². The molecular formula is C7H12F3N3O. The highest BCUT2D eigenvalue weighted by atomic mass is 19.4. The summed E-state index contributed by atoms with van der Waals surface area (Å²) in [5, 5.41) is 0. The molecule has 0 aromatic carbocycles. The van der Waals surface area contributed by atoms with E-state index in [1.54, 1.807) is 4.90 Å². The standard InChI is InChI=1S/C7H12F3N3O/c8-7(9,10)14-5-2-12-6(11)13-3-1-4-13/h1-5H2,(H2,11,12). The molecule has 82 valence electrons. The van der Waals surface area contributed by atoms with Crippen molar-refractivity contribution in [3.63, 3.8) is 0 Å². The van der Waals surface area contributed by atoms with Crippen molar-refractivity contribution in [2.24, 2.45) is 10.7 Å². The minimum Gasteiger partial charge on any atom is -0.370 e. The number of likely N-dealkylation sites (tertiary alicyclic amines) is 1. The maximum Gasteiger partial charge on any atom is 0.522 e. The molecule has 0 unspecified atom stereocenters. The molecule has 0 aliphatic carbocycles. The van der Waals surface area contributed by atoms with Crippen LogP contribution in [0.4, 0.5) is 13.2 Å². The van der Waals surface area contributed by atoms with Crippen molar-refractivity contribution >= 4 is 5.96 Å². The summed E-state index contributed by atoms with van der Waals surface area (Å²) in [4.78, 5) is 5.54. The van der Waals surface area contributed by atoms with Gasteiger partial charge in [-0.25, -0.2) is 0 Å². The van der Waals surface area contributed by atoms with E-state index in [0.29, 0.717) is 5.96 Å². The maximum absolute atomic E-state index is 11.5. The van der Waals surface area contributed by atoms with Crippen molar-refractivity contribution in [2.45, 2.75) is 12.8 Å². The molecule has 0 aromatic heterocycles. The number of aliphatic imine (C=N–C) groups is 1. The zero-order valence-electron chi connectivity index (χ0n) is 7.55. The van der Waals surface area contributed by atoms with E-state index in [-0.39, 0.29) is 6.54 Å². The van der Waals surface area contributed by atoms with E-state index in [9.17, 15) is 13.2 Å². The van der Waals surface area contributed by atoms with Gasteiger partial charge in [0.15, 0.2) is 5.96 Å². The Balaban J connectivity index is 2.12. The first kappa shape index (κ1) is 11.1. The Morgan fingerprint density at radius 2 is 2.07 bits per heavy atom. The third-order valence-corrected chi connectivity index (χ3v) is 1.81. The van der Waals surface area contributed by atoms with E-state index in [0.717, 1.165) is 19.5 Å². The van der Waals surface area contributed by atoms with Gasteiger partial charge in [-0.2, -0.15) is 0 Å². The highest BCUT2D eigenvalue weighted by molar-refractivity contribution is 5.78. The second kappa shape index (κ2) is 4.50. The van der Waals surface area contributed by atoms with Gasteiger partial charge in [-0.15, -0.1) is 13.2 Å². The molecule has 1 heterocycles. The maximum atomic E-state index is 11.5. The summed E-state index contributed by atoms with van der Waals surface area (Å²) in [6.07, 6.45) is -3.53. The molecule has 0 spiro atoms. The van der Waals surface area contributed by atoms with Gasteiger partial charge < -0.3 is 10.6 Å². The number of guanidine groups is 1. The minimum atomic E-state index is -4.58. The Bertz CT molecular complexity index is 213. The minimum absolute atomic E-state index is 0.0676. The zero-order valence-corrected chi connectivity index (χ0v) is 7.55. The predicted octanol–water partition coefficient (Wildman–Crippen LogP) is 0.543. The lowest BCUT2D eigenvalue weighted by Crippen LogP contribution is -2.46. The van der Waals surface area contributed by atoms with Crippen molar-refractivity contribution in [1.29, 1.82) is 0 Å². The Morgan fingerprint density at radius 1 is 1.43 bits per heavy atom. The molecule has 1 fully saturated rings. The molecular weight excluding hydrogens is 199 g/mol. The normalized spacial score (nSPS) is 18.2. The molecule has 0 saturated carbocycles. The fraction of sp³-hybridized carbons (Fsp3) is 0.857. The van der Waals surface area contributed by atoms with E-state index in [1.165, 1.54) is 0 Å². The van der Waals surface area contributed by atoms with Crippen molar-refractivity contribution < 1.29 is 17.9 Å². The lowest BCUT2D eigenvalue weighted by atomic mass is 10.2. The predicted molar refractivity (Wildman–Crippen MR) is 44.7 cm³/mol. The topological polar surface area (TPSA) is 50.9 Å². The molecule has 0 atom stereocenters. The van der Waals surface area contributed by atoms with E-state index >= 15 is 0 Å². The molecule has 4 nitrogen and oxygen atoms in total. The van der Waals surface area contributed by atoms with Gasteiger partial charge in [0.2, 0.25) is 0 Å². The number of halogens is 3. The van der Waals surface area contributed by atoms with Crippen LogP contribution in [0.15, 0.2) is 4.99 Å². The van der Waals surface area contributed by atoms with Crippen LogP contribution in [-0.2, 0) is 4.74 Å². The van der Waals surface area contributed by atoms with Crippen LogP contribution < -0.4 is 5.73 Å². The summed E-state index contributed by atoms with van der Waals surface area (Å²) < 4.78 is 38.0. The molecule has 0 amide bonds. The summed E-state index contributed by atoms with van der Waals surface area (Å²) in [7, 11) is 0. The van der Waals surface area contributed by atoms with Crippen LogP contribution >= 0.6 is 0 Å². The molecule has 7 heteroatoms. The Kier molecular flexibility index (Phi) is 3.56. The Hall–Kier alpha value is -0.980. The molecule has 1 saturated heterocycles. The molecule has 2 N–H and O–H groups in total. The van der Waals surface area contributed by atoms with Gasteiger partial charge in [-0.05, 0) is 6.42 Å². The fourth-order valence-electron chi connectivity index (χ4n) is 0.967. The second-order valence-corrected chi connectivity index (χ2v) is 2.87. The van der Waals surface area contributed by atoms with Gasteiger partial charge in [-0.1, -0.05) is 0 Å². The first-order valence-corrected chi connectivity index (χ1v) is 4.24. The van der Waals surface area contributed by atoms with Gasteiger partial charge in [0.05, 0.1) is 13.2 Å². The van der Waals surface area contributed by atoms with E-state index in [4.69, 9.17) is 5.73 Å². The van der Waals surface area contributed by atoms with Crippen LogP contribution in [-0.4, -0.2) is 43.5 Å². The zero-order chi connectivity index (χ0) is 10.6. The van der Waals surface area contributed by atoms with Crippen molar-refractivity contribution in [2.75, 3.05) is 26.2 Å². The summed E-state index contributed by atoms with van der Waals surface area (Å²) in [6, 6.07) is 0. The summed E-state index contributed by atoms with van der Waals surface area (Å²) in [5.41, 5.74) is 5.47. The first-order chi connectivity index (χ1) is 6.49. The summed E-state index contributed by atoms with van der Waals surface area (Å²) in [5.74, 6) is 0.294. The lowest BCUT2D eigenvalue weighted by Gasteiger charge is -2.31. The number of hydrogen-bond donors (Lipinski definition) is 1. The number of ether oxygens (including phenoxy) is 1. The van der Waals surface area contributed by atoms with Gasteiger partial charge in [-0.3, -0.25) is 9.73 Å². The number of hydrogen-bond acceptors (Lipinski definition) is 2. The largest absolute Gasteiger partial charge is 0.522 e. The average molecular weight is 211 g/mol. The monoisotopic (exact) mass is 211 g/mol. The molecule has 1 aliphatic heterocycles. The number of nitrogens with two attached hydrogens (primary N) is 1. The number of alkyl halides is 3. The van der Waals surface area contributed by atoms with E-state index in [2.05, 4.69) is 9.73 Å². The van der Waals surface area contributed by atoms with Crippen LogP contribution in [0.5, 0.6) is 0 Å². The van der Waals surface area contributed by atoms with Crippen LogP contribution in [0.1, 0.15) is 6.42 Å². The highest BCUT2D eigenvalue weighted by Crippen LogP contribution is 2.15. The Morgan fingerprint density at radius 3 is 2.50 bits per heavy atom. The Labute approximate surface area is 79.5 Å². The van der Waals surface area contributed by atoms with Crippen LogP contribution in [0.3, 0.4) is 0 Å². The average Bonchev–Trinajstić information content (AvgIpc) is 1.92. The molecule has 1 aliphatic rings. The summed E-state index contributed by atoms with van der Waals surface area (Å²) in [6.45, 7) is 1.10. The van der Waals surface area contributed by atoms with Crippen LogP contribution in [0.2, 0.25) is 0 Å². The first-order valence-electron chi connectivity index (χ1n) is 4.24. The van der Waals surface area contributed by atoms with Gasteiger partial charge in [0.25, 0.3) is 0 Å². The fourth-order valence-corrected chi connectivity index (χ4v) is 0.967. The van der Waals surface area contributed by atoms with E-state index < -0.39 is 13.0 Å². The quantitative estimate of drug-likeness (QED) is 0.421. The van der Waals surface area contributed by atoms with Gasteiger partial charge >= 0.3 is 6.36 Å². The molecule has 0 radical (unpaired) electrons. The smallest absolute Gasteiger partial charge is 0.370 e. The summed E-state index contributed by atoms with van der Waals surface area (Å²) >= 11 is 0. The molecule has 14 heavy (non-hydrogen) atoms. The molecule has 0 aromatic rings. The van der Waals surface area contributed by atoms with Crippen LogP contribution in [0, 0.1) is 0 Å². The third-order valence-electron chi connectivity index (χ3n) is 1.81. The number of rotatable bonds is 3. The van der Waals surface area contributed by atoms with E-state index in [1.807, 2.05) is 0 Å². The lowest BCUT2D eigenvalue weighted by molar-refractivity contribution is -0.323. The van der Waals surface area contributed by atoms with Crippen LogP contribution in [0.25, 0.3) is 0 Å².